The van der Waals surface area contributed by atoms with E-state index in [1.54, 1.807) is 24.0 Å². The van der Waals surface area contributed by atoms with Crippen molar-refractivity contribution in [3.8, 4) is 95.2 Å². The first-order chi connectivity index (χ1) is 24.6. The Bertz CT molecular complexity index is 2180. The number of rotatable bonds is 8. The summed E-state index contributed by atoms with van der Waals surface area (Å²) in [4.78, 5) is 18.1. The Morgan fingerprint density at radius 1 is 0.920 bits per heavy atom. The molecule has 264 valence electrons. The van der Waals surface area contributed by atoms with Gasteiger partial charge in [-0.25, -0.2) is 9.67 Å². The molecule has 0 unspecified atom stereocenters. The molecule has 0 radical (unpaired) electrons. The molecule has 0 aliphatic heterocycles. The van der Waals surface area contributed by atoms with Gasteiger partial charge in [-0.3, -0.25) is 4.68 Å². The van der Waals surface area contributed by atoms with Gasteiger partial charge in [-0.05, 0) is 124 Å². The lowest BCUT2D eigenvalue weighted by Crippen LogP contribution is -2.22. The summed E-state index contributed by atoms with van der Waals surface area (Å²) < 4.78 is 3.75. The van der Waals surface area contributed by atoms with E-state index in [1.807, 2.05) is 17.7 Å². The molecule has 1 fully saturated rings. The van der Waals surface area contributed by atoms with Crippen molar-refractivity contribution in [2.24, 2.45) is 37.3 Å². The molecule has 0 aromatic carbocycles. The number of anilines is 2. The Hall–Kier alpha value is -7.60. The summed E-state index contributed by atoms with van der Waals surface area (Å²) in [7, 11) is 0. The monoisotopic (exact) mass is 682 g/mol. The number of nitroso groups, excluding NO2 is 1. The number of nitrogens with zero attached hydrogens (tertiary/aromatic N) is 12. The average Bonchev–Trinajstić information content (AvgIpc) is 3.76. The van der Waals surface area contributed by atoms with Crippen molar-refractivity contribution < 1.29 is 17.9 Å². The van der Waals surface area contributed by atoms with Crippen LogP contribution in [0.4, 0.5) is 11.6 Å². The van der Waals surface area contributed by atoms with Gasteiger partial charge in [-0.1, -0.05) is 25.7 Å². The molecule has 4 rings (SSSR count). The lowest BCUT2D eigenvalue weighted by molar-refractivity contribution is 0.245. The van der Waals surface area contributed by atoms with Crippen LogP contribution in [-0.2, 0) is 6.54 Å². The number of aromatic nitrogens is 6. The normalized spacial score (nSPS) is 13.4. The first kappa shape index (κ1) is 38.6. The minimum absolute atomic E-state index is 0. The topological polar surface area (TPSA) is 209 Å². The Morgan fingerprint density at radius 2 is 1.56 bits per heavy atom. The van der Waals surface area contributed by atoms with Crippen molar-refractivity contribution in [1.82, 2.24) is 29.5 Å². The molecule has 3 aromatic rings. The summed E-state index contributed by atoms with van der Waals surface area (Å²) in [6.07, 6.45) is 17.0. The maximum Gasteiger partial charge on any atom is 0.229 e. The van der Waals surface area contributed by atoms with E-state index in [4.69, 9.17) is 22.0 Å². The fraction of sp³-hybridized carbons (Fsp3) is 0.294. The first-order valence-corrected chi connectivity index (χ1v) is 14.5. The average molecular weight is 683 g/mol. The van der Waals surface area contributed by atoms with Gasteiger partial charge in [0.25, 0.3) is 0 Å². The Labute approximate surface area is 302 Å². The molecule has 0 saturated heterocycles. The Kier molecular flexibility index (Phi) is 19.0. The quantitative estimate of drug-likeness (QED) is 0.0998. The molecule has 50 heavy (non-hydrogen) atoms. The molecule has 1 saturated carbocycles. The molecular formula is C34H46N14O2. The zero-order valence-corrected chi connectivity index (χ0v) is 27.0. The molecule has 1 aliphatic carbocycles. The molecule has 16 nitrogen and oxygen atoms in total. The summed E-state index contributed by atoms with van der Waals surface area (Å²) >= 11 is 0. The molecule has 2 atom stereocenters. The lowest BCUT2D eigenvalue weighted by atomic mass is 9.86. The van der Waals surface area contributed by atoms with Gasteiger partial charge in [-0.15, -0.1) is 11.3 Å². The third-order valence-electron chi connectivity index (χ3n) is 6.08. The second-order valence-electron chi connectivity index (χ2n) is 9.29. The summed E-state index contributed by atoms with van der Waals surface area (Å²) in [6.45, 7) is 4.52. The van der Waals surface area contributed by atoms with E-state index >= 15 is 0 Å². The third-order valence-corrected chi connectivity index (χ3v) is 6.08. The maximum absolute atomic E-state index is 9.08. The van der Waals surface area contributed by atoms with Crippen LogP contribution in [0.5, 0.6) is 0 Å². The maximum atomic E-state index is 9.08. The number of fused-ring (bicyclic) bond motifs is 1. The van der Waals surface area contributed by atoms with Crippen molar-refractivity contribution in [3.63, 3.8) is 0 Å². The van der Waals surface area contributed by atoms with E-state index in [9.17, 15) is 0 Å². The fourth-order valence-corrected chi connectivity index (χ4v) is 4.10. The van der Waals surface area contributed by atoms with Gasteiger partial charge in [0.15, 0.2) is 5.65 Å². The number of aliphatic hydroxyl groups is 1. The van der Waals surface area contributed by atoms with Gasteiger partial charge < -0.3 is 10.4 Å². The second kappa shape index (κ2) is 24.6. The Balaban J connectivity index is -0.000000114. The van der Waals surface area contributed by atoms with E-state index in [1.165, 1.54) is 19.3 Å². The molecule has 3 heterocycles. The number of hydrogen-bond acceptors (Lipinski definition) is 8. The van der Waals surface area contributed by atoms with Gasteiger partial charge in [0.1, 0.15) is 5.29 Å². The fourth-order valence-electron chi connectivity index (χ4n) is 4.10. The van der Waals surface area contributed by atoms with E-state index < -0.39 is 0 Å². The van der Waals surface area contributed by atoms with Gasteiger partial charge in [-0.2, -0.15) is 20.7 Å². The molecule has 0 bridgehead atoms. The minimum Gasteiger partial charge on any atom is -0.394 e. The predicted molar refractivity (Wildman–Crippen MR) is 203 cm³/mol. The van der Waals surface area contributed by atoms with Crippen molar-refractivity contribution in [2.75, 3.05) is 11.9 Å². The van der Waals surface area contributed by atoms with Crippen molar-refractivity contribution >= 4 is 22.7 Å². The molecule has 16 heteroatoms. The number of hydrogen-bond donors (Lipinski definition) is 3. The van der Waals surface area contributed by atoms with Crippen LogP contribution in [0, 0.1) is 112 Å². The van der Waals surface area contributed by atoms with Crippen LogP contribution < -0.4 is 5.32 Å². The van der Waals surface area contributed by atoms with Crippen LogP contribution in [0.3, 0.4) is 0 Å². The second-order valence-corrected chi connectivity index (χ2v) is 9.29. The van der Waals surface area contributed by atoms with Gasteiger partial charge in [0.05, 0.1) is 42.7 Å². The highest BCUT2D eigenvalue weighted by atomic mass is 16.3. The number of aliphatic hydroxyl groups excluding tert-OH is 1. The highest BCUT2D eigenvalue weighted by Gasteiger charge is 2.25. The SMILES string of the molecule is C#CC#CC#CC#CC#CC#CC#CC#CC.C[C@H]1CCCC[C@@H]1n1ncc2cnc(Nc3cnn(CCO)c3)nc21.N=N/N=N/N=N/N=O.[HH].[HH].[HH].[HH].[HH].[HH].[HH].[HH].[HH]. The van der Waals surface area contributed by atoms with Crippen molar-refractivity contribution in [3.05, 3.63) is 29.7 Å². The van der Waals surface area contributed by atoms with Crippen LogP contribution >= 0.6 is 0 Å². The molecule has 3 aromatic heterocycles. The van der Waals surface area contributed by atoms with Crippen LogP contribution in [0.25, 0.3) is 11.0 Å². The Morgan fingerprint density at radius 3 is 2.16 bits per heavy atom. The third kappa shape index (κ3) is 15.1. The molecule has 3 N–H and O–H groups in total. The zero-order valence-electron chi connectivity index (χ0n) is 27.0. The van der Waals surface area contributed by atoms with Gasteiger partial charge >= 0.3 is 0 Å². The standard InChI is InChI=1S/C17H23N7O.C17H4.HN7O.9H2/c1-12-4-2-3-5-15(12)24-16-13(9-20-24)8-18-17(22-16)21-14-10-19-23(11-14)6-7-25;1-3-5-7-9-11-13-15-17-16-14-12-10-8-6-4-2;1-2-3-4-5-6-7-8;;;;;;;;;/h8-12,15,25H,2-7H2,1H3,(H,18,21,22);1H,2H3;1H;9*1H/b;;2-1?,4-3+,6-5+;;;;;;;;;/t12-,15-;;;;;;;;;;;/m0.........../s1. The van der Waals surface area contributed by atoms with Crippen molar-refractivity contribution in [2.45, 2.75) is 52.1 Å². The minimum atomic E-state index is 0. The zero-order chi connectivity index (χ0) is 36.1. The van der Waals surface area contributed by atoms with E-state index in [0.717, 1.165) is 23.1 Å². The van der Waals surface area contributed by atoms with Gasteiger partial charge in [0.2, 0.25) is 5.95 Å². The summed E-state index contributed by atoms with van der Waals surface area (Å²) in [5.74, 6) is 38.1. The predicted octanol–water partition coefficient (Wildman–Crippen LogP) is 6.82. The van der Waals surface area contributed by atoms with E-state index in [-0.39, 0.29) is 19.4 Å². The van der Waals surface area contributed by atoms with Crippen LogP contribution in [0.1, 0.15) is 58.4 Å². The van der Waals surface area contributed by atoms with E-state index in [0.29, 0.717) is 24.5 Å². The van der Waals surface area contributed by atoms with E-state index in [2.05, 4.69) is 152 Å². The highest BCUT2D eigenvalue weighted by Crippen LogP contribution is 2.34. The smallest absolute Gasteiger partial charge is 0.229 e. The molecule has 1 aliphatic rings. The highest BCUT2D eigenvalue weighted by molar-refractivity contribution is 5.75. The molecule has 0 spiro atoms. The van der Waals surface area contributed by atoms with Crippen LogP contribution in [0.2, 0.25) is 0 Å². The van der Waals surface area contributed by atoms with Crippen LogP contribution in [-0.4, -0.2) is 41.2 Å². The van der Waals surface area contributed by atoms with Crippen molar-refractivity contribution in [1.29, 1.82) is 5.53 Å². The molecular weight excluding hydrogens is 636 g/mol. The summed E-state index contributed by atoms with van der Waals surface area (Å²) in [6, 6.07) is 0.404. The van der Waals surface area contributed by atoms with Gasteiger partial charge in [0, 0.05) is 35.7 Å². The summed E-state index contributed by atoms with van der Waals surface area (Å²) in [5.41, 5.74) is 7.66. The lowest BCUT2D eigenvalue weighted by Gasteiger charge is -2.29. The van der Waals surface area contributed by atoms with Crippen LogP contribution in [0.15, 0.2) is 56.2 Å². The molecule has 0 amide bonds. The number of terminal acetylenes is 1. The first-order valence-electron chi connectivity index (χ1n) is 14.5. The largest absolute Gasteiger partial charge is 0.394 e. The number of nitrogens with one attached hydrogen (secondary N) is 2. The summed E-state index contributed by atoms with van der Waals surface area (Å²) in [5, 5.41) is 36.8.